The number of hydrogen-bond donors (Lipinski definition) is 3. The predicted molar refractivity (Wildman–Crippen MR) is 86.6 cm³/mol. The van der Waals surface area contributed by atoms with Gasteiger partial charge in [0.05, 0.1) is 5.02 Å². The molecule has 1 fully saturated rings. The zero-order valence-electron chi connectivity index (χ0n) is 12.1. The summed E-state index contributed by atoms with van der Waals surface area (Å²) in [6.07, 6.45) is 1.75. The molecule has 1 aromatic carbocycles. The van der Waals surface area contributed by atoms with Crippen LogP contribution < -0.4 is 15.4 Å². The van der Waals surface area contributed by atoms with Crippen LogP contribution in [0.25, 0.3) is 0 Å². The monoisotopic (exact) mass is 346 g/mol. The van der Waals surface area contributed by atoms with Crippen LogP contribution in [0.4, 0.5) is 0 Å². The minimum absolute atomic E-state index is 0.0298. The average molecular weight is 347 g/mol. The van der Waals surface area contributed by atoms with Crippen LogP contribution in [0.3, 0.4) is 0 Å². The number of nitrogens with one attached hydrogen (secondary N) is 2. The lowest BCUT2D eigenvalue weighted by molar-refractivity contribution is -0.122. The van der Waals surface area contributed by atoms with Crippen LogP contribution in [0.2, 0.25) is 10.0 Å². The number of aliphatic hydroxyl groups is 1. The van der Waals surface area contributed by atoms with Crippen LogP contribution in [0.5, 0.6) is 5.75 Å². The van der Waals surface area contributed by atoms with Crippen molar-refractivity contribution in [1.29, 1.82) is 0 Å². The molecule has 1 amide bonds. The first-order valence-electron chi connectivity index (χ1n) is 7.31. The third kappa shape index (κ3) is 5.32. The van der Waals surface area contributed by atoms with Gasteiger partial charge in [0.25, 0.3) is 0 Å². The number of carbonyl (C=O) groups excluding carboxylic acids is 1. The lowest BCUT2D eigenvalue weighted by Crippen LogP contribution is -2.38. The van der Waals surface area contributed by atoms with Crippen molar-refractivity contribution >= 4 is 29.1 Å². The highest BCUT2D eigenvalue weighted by molar-refractivity contribution is 6.42. The zero-order chi connectivity index (χ0) is 15.9. The Morgan fingerprint density at radius 3 is 3.05 bits per heavy atom. The molecule has 0 bridgehead atoms. The second kappa shape index (κ2) is 8.58. The summed E-state index contributed by atoms with van der Waals surface area (Å²) in [5.41, 5.74) is 0. The smallest absolute Gasteiger partial charge is 0.221 e. The maximum absolute atomic E-state index is 11.7. The number of rotatable bonds is 7. The Hall–Kier alpha value is -1.01. The number of benzene rings is 1. The van der Waals surface area contributed by atoms with Gasteiger partial charge in [0.2, 0.25) is 5.91 Å². The second-order valence-electron chi connectivity index (χ2n) is 5.32. The normalized spacial score (nSPS) is 19.0. The summed E-state index contributed by atoms with van der Waals surface area (Å²) in [6, 6.07) is 5.29. The number of halogens is 2. The van der Waals surface area contributed by atoms with Gasteiger partial charge < -0.3 is 20.5 Å². The van der Waals surface area contributed by atoms with Gasteiger partial charge in [-0.05, 0) is 31.5 Å². The molecule has 1 aliphatic heterocycles. The molecular weight excluding hydrogens is 327 g/mol. The largest absolute Gasteiger partial charge is 0.489 e. The number of ether oxygens (including phenoxy) is 1. The molecule has 0 saturated carbocycles. The summed E-state index contributed by atoms with van der Waals surface area (Å²) in [4.78, 5) is 11.7. The van der Waals surface area contributed by atoms with E-state index in [1.807, 2.05) is 0 Å². The van der Waals surface area contributed by atoms with E-state index in [4.69, 9.17) is 27.9 Å². The number of carbonyl (C=O) groups is 1. The molecule has 1 saturated heterocycles. The topological polar surface area (TPSA) is 70.6 Å². The van der Waals surface area contributed by atoms with Gasteiger partial charge in [-0.1, -0.05) is 29.3 Å². The Balaban J connectivity index is 1.68. The van der Waals surface area contributed by atoms with E-state index in [9.17, 15) is 9.90 Å². The lowest BCUT2D eigenvalue weighted by Gasteiger charge is -2.15. The van der Waals surface area contributed by atoms with Crippen LogP contribution in [0, 0.1) is 0 Å². The molecule has 3 N–H and O–H groups in total. The molecule has 122 valence electrons. The van der Waals surface area contributed by atoms with Crippen molar-refractivity contribution in [2.24, 2.45) is 0 Å². The molecule has 0 aliphatic carbocycles. The first-order valence-corrected chi connectivity index (χ1v) is 8.07. The SMILES string of the molecule is O=C(CC1CCCN1)NCC(O)COc1cccc(Cl)c1Cl. The molecule has 2 rings (SSSR count). The minimum Gasteiger partial charge on any atom is -0.489 e. The maximum atomic E-state index is 11.7. The lowest BCUT2D eigenvalue weighted by atomic mass is 10.1. The molecule has 22 heavy (non-hydrogen) atoms. The molecule has 1 aromatic rings. The highest BCUT2D eigenvalue weighted by Gasteiger charge is 2.18. The summed E-state index contributed by atoms with van der Waals surface area (Å²) < 4.78 is 5.42. The summed E-state index contributed by atoms with van der Waals surface area (Å²) in [7, 11) is 0. The third-order valence-corrected chi connectivity index (χ3v) is 4.28. The molecule has 2 atom stereocenters. The van der Waals surface area contributed by atoms with Gasteiger partial charge in [-0.2, -0.15) is 0 Å². The fraction of sp³-hybridized carbons (Fsp3) is 0.533. The van der Waals surface area contributed by atoms with Crippen molar-refractivity contribution in [3.05, 3.63) is 28.2 Å². The van der Waals surface area contributed by atoms with Crippen LogP contribution in [-0.2, 0) is 4.79 Å². The van der Waals surface area contributed by atoms with E-state index in [1.165, 1.54) is 0 Å². The summed E-state index contributed by atoms with van der Waals surface area (Å²) in [5.74, 6) is 0.342. The molecular formula is C15H20Cl2N2O3. The Kier molecular flexibility index (Phi) is 6.76. The second-order valence-corrected chi connectivity index (χ2v) is 6.10. The van der Waals surface area contributed by atoms with Gasteiger partial charge in [0.15, 0.2) is 0 Å². The van der Waals surface area contributed by atoms with Crippen molar-refractivity contribution in [2.75, 3.05) is 19.7 Å². The summed E-state index contributed by atoms with van der Waals surface area (Å²) in [6.45, 7) is 1.14. The molecule has 1 aliphatic rings. The Bertz CT molecular complexity index is 508. The quantitative estimate of drug-likeness (QED) is 0.706. The molecule has 0 radical (unpaired) electrons. The molecule has 0 spiro atoms. The standard InChI is InChI=1S/C15H20Cl2N2O3/c16-12-4-1-5-13(15(12)17)22-9-11(20)8-19-14(21)7-10-3-2-6-18-10/h1,4-5,10-11,18,20H,2-3,6-9H2,(H,19,21). The first-order chi connectivity index (χ1) is 10.6. The van der Waals surface area contributed by atoms with Crippen molar-refractivity contribution < 1.29 is 14.6 Å². The third-order valence-electron chi connectivity index (χ3n) is 3.48. The van der Waals surface area contributed by atoms with E-state index in [2.05, 4.69) is 10.6 Å². The average Bonchev–Trinajstić information content (AvgIpc) is 2.99. The molecule has 7 heteroatoms. The van der Waals surface area contributed by atoms with Gasteiger partial charge in [-0.15, -0.1) is 0 Å². The van der Waals surface area contributed by atoms with Gasteiger partial charge in [0.1, 0.15) is 23.5 Å². The fourth-order valence-corrected chi connectivity index (χ4v) is 2.65. The van der Waals surface area contributed by atoms with Crippen molar-refractivity contribution in [3.8, 4) is 5.75 Å². The van der Waals surface area contributed by atoms with E-state index in [1.54, 1.807) is 18.2 Å². The maximum Gasteiger partial charge on any atom is 0.221 e. The number of hydrogen-bond acceptors (Lipinski definition) is 4. The molecule has 2 unspecified atom stereocenters. The highest BCUT2D eigenvalue weighted by atomic mass is 35.5. The Morgan fingerprint density at radius 1 is 1.50 bits per heavy atom. The van der Waals surface area contributed by atoms with Gasteiger partial charge in [-0.25, -0.2) is 0 Å². The Labute approximate surface area is 139 Å². The molecule has 1 heterocycles. The van der Waals surface area contributed by atoms with E-state index in [0.29, 0.717) is 22.2 Å². The van der Waals surface area contributed by atoms with E-state index >= 15 is 0 Å². The van der Waals surface area contributed by atoms with Crippen molar-refractivity contribution in [3.63, 3.8) is 0 Å². The van der Waals surface area contributed by atoms with Crippen LogP contribution in [-0.4, -0.2) is 42.9 Å². The summed E-state index contributed by atoms with van der Waals surface area (Å²) in [5, 5.41) is 16.5. The zero-order valence-corrected chi connectivity index (χ0v) is 13.7. The molecule has 5 nitrogen and oxygen atoms in total. The van der Waals surface area contributed by atoms with Gasteiger partial charge >= 0.3 is 0 Å². The van der Waals surface area contributed by atoms with Crippen molar-refractivity contribution in [1.82, 2.24) is 10.6 Å². The number of amides is 1. The van der Waals surface area contributed by atoms with E-state index in [0.717, 1.165) is 19.4 Å². The van der Waals surface area contributed by atoms with Gasteiger partial charge in [0, 0.05) is 19.0 Å². The predicted octanol–water partition coefficient (Wildman–Crippen LogP) is 1.99. The van der Waals surface area contributed by atoms with Crippen LogP contribution in [0.15, 0.2) is 18.2 Å². The summed E-state index contributed by atoms with van der Waals surface area (Å²) >= 11 is 11.9. The number of aliphatic hydroxyl groups excluding tert-OH is 1. The van der Waals surface area contributed by atoms with E-state index in [-0.39, 0.29) is 25.1 Å². The molecule has 0 aromatic heterocycles. The minimum atomic E-state index is -0.810. The first kappa shape index (κ1) is 17.3. The van der Waals surface area contributed by atoms with Crippen LogP contribution in [0.1, 0.15) is 19.3 Å². The van der Waals surface area contributed by atoms with E-state index < -0.39 is 6.10 Å². The van der Waals surface area contributed by atoms with Gasteiger partial charge in [-0.3, -0.25) is 4.79 Å². The fourth-order valence-electron chi connectivity index (χ4n) is 2.30. The highest BCUT2D eigenvalue weighted by Crippen LogP contribution is 2.31. The van der Waals surface area contributed by atoms with Crippen molar-refractivity contribution in [2.45, 2.75) is 31.4 Å². The Morgan fingerprint density at radius 2 is 2.32 bits per heavy atom. The van der Waals surface area contributed by atoms with Crippen LogP contribution >= 0.6 is 23.2 Å².